The van der Waals surface area contributed by atoms with E-state index in [0.717, 1.165) is 29.2 Å². The highest BCUT2D eigenvalue weighted by Crippen LogP contribution is 2.27. The van der Waals surface area contributed by atoms with Crippen molar-refractivity contribution < 1.29 is 23.1 Å². The van der Waals surface area contributed by atoms with Crippen molar-refractivity contribution in [3.8, 4) is 0 Å². The summed E-state index contributed by atoms with van der Waals surface area (Å²) < 4.78 is 41.6. The number of nitrogens with one attached hydrogen (secondary N) is 2. The third kappa shape index (κ3) is 5.33. The number of aliphatic hydroxyl groups is 1. The fourth-order valence-electron chi connectivity index (χ4n) is 2.64. The Balaban J connectivity index is 1.99. The summed E-state index contributed by atoms with van der Waals surface area (Å²) in [5.74, 6) is -2.29. The van der Waals surface area contributed by atoms with Crippen LogP contribution in [0, 0.1) is 17.5 Å². The van der Waals surface area contributed by atoms with Crippen molar-refractivity contribution in [3.05, 3.63) is 72.2 Å². The number of amides is 2. The molecule has 1 aromatic heterocycles. The summed E-state index contributed by atoms with van der Waals surface area (Å²) in [6.07, 6.45) is 1.37. The first-order valence-electron chi connectivity index (χ1n) is 9.69. The van der Waals surface area contributed by atoms with E-state index in [4.69, 9.17) is 0 Å². The monoisotopic (exact) mass is 445 g/mol. The molecule has 2 aromatic carbocycles. The molecule has 0 saturated heterocycles. The van der Waals surface area contributed by atoms with Gasteiger partial charge in [0.25, 0.3) is 0 Å². The Hall–Kier alpha value is -3.66. The first-order valence-corrected chi connectivity index (χ1v) is 9.69. The minimum absolute atomic E-state index is 0.0475. The Bertz CT molecular complexity index is 1080. The molecular formula is C22H22F3N5O2. The first kappa shape index (κ1) is 23.0. The summed E-state index contributed by atoms with van der Waals surface area (Å²) in [6.45, 7) is 4.94. The SMILES string of the molecule is CC(Nc1nccc(N(C(=O)Nc2c(F)cccc2F)c2ccc(F)cc2)n1)C(C)(C)O. The molecule has 0 saturated carbocycles. The molecule has 3 aromatic rings. The standard InChI is InChI=1S/C22H22F3N5O2/c1-13(22(2,3)32)27-20-26-12-11-18(28-20)30(15-9-7-14(23)8-10-15)21(31)29-19-16(24)5-4-6-17(19)25/h4-13,32H,1-3H3,(H,29,31)(H,26,27,28). The van der Waals surface area contributed by atoms with Crippen LogP contribution in [0.5, 0.6) is 0 Å². The van der Waals surface area contributed by atoms with E-state index in [2.05, 4.69) is 20.6 Å². The molecule has 1 heterocycles. The second-order valence-electron chi connectivity index (χ2n) is 7.60. The van der Waals surface area contributed by atoms with Gasteiger partial charge in [0.15, 0.2) is 0 Å². The summed E-state index contributed by atoms with van der Waals surface area (Å²) in [5, 5.41) is 15.3. The van der Waals surface area contributed by atoms with Gasteiger partial charge in [-0.3, -0.25) is 0 Å². The van der Waals surface area contributed by atoms with Gasteiger partial charge in [0.05, 0.1) is 17.3 Å². The summed E-state index contributed by atoms with van der Waals surface area (Å²) in [6, 6.07) is 8.12. The van der Waals surface area contributed by atoms with E-state index >= 15 is 0 Å². The first-order chi connectivity index (χ1) is 15.1. The minimum atomic E-state index is -1.09. The minimum Gasteiger partial charge on any atom is -0.388 e. The Labute approximate surface area is 182 Å². The normalized spacial score (nSPS) is 12.2. The van der Waals surface area contributed by atoms with E-state index in [-0.39, 0.29) is 17.5 Å². The molecule has 10 heteroatoms. The van der Waals surface area contributed by atoms with E-state index in [1.165, 1.54) is 30.5 Å². The molecule has 3 N–H and O–H groups in total. The van der Waals surface area contributed by atoms with Gasteiger partial charge in [0.2, 0.25) is 5.95 Å². The van der Waals surface area contributed by atoms with Crippen LogP contribution in [0.25, 0.3) is 0 Å². The molecule has 1 unspecified atom stereocenters. The van der Waals surface area contributed by atoms with Crippen LogP contribution in [0.1, 0.15) is 20.8 Å². The number of halogens is 3. The number of rotatable bonds is 6. The zero-order valence-electron chi connectivity index (χ0n) is 17.6. The largest absolute Gasteiger partial charge is 0.388 e. The quantitative estimate of drug-likeness (QED) is 0.505. The number of benzene rings is 2. The van der Waals surface area contributed by atoms with Gasteiger partial charge < -0.3 is 15.7 Å². The van der Waals surface area contributed by atoms with Crippen LogP contribution in [-0.2, 0) is 0 Å². The average Bonchev–Trinajstić information content (AvgIpc) is 2.72. The van der Waals surface area contributed by atoms with Crippen LogP contribution in [0.2, 0.25) is 0 Å². The van der Waals surface area contributed by atoms with Crippen LogP contribution >= 0.6 is 0 Å². The molecule has 7 nitrogen and oxygen atoms in total. The van der Waals surface area contributed by atoms with E-state index < -0.39 is 40.8 Å². The highest BCUT2D eigenvalue weighted by atomic mass is 19.1. The number of hydrogen-bond acceptors (Lipinski definition) is 5. The fourth-order valence-corrected chi connectivity index (χ4v) is 2.64. The number of para-hydroxylation sites is 1. The van der Waals surface area contributed by atoms with Gasteiger partial charge >= 0.3 is 6.03 Å². The van der Waals surface area contributed by atoms with Crippen molar-refractivity contribution in [2.24, 2.45) is 0 Å². The summed E-state index contributed by atoms with van der Waals surface area (Å²) in [5.41, 5.74) is -1.52. The number of nitrogens with zero attached hydrogens (tertiary/aromatic N) is 3. The van der Waals surface area contributed by atoms with Gasteiger partial charge in [-0.25, -0.2) is 27.8 Å². The van der Waals surface area contributed by atoms with E-state index in [0.29, 0.717) is 0 Å². The number of anilines is 4. The highest BCUT2D eigenvalue weighted by molar-refractivity contribution is 6.06. The maximum atomic E-state index is 14.1. The number of urea groups is 1. The van der Waals surface area contributed by atoms with E-state index in [1.54, 1.807) is 20.8 Å². The third-order valence-corrected chi connectivity index (χ3v) is 4.76. The van der Waals surface area contributed by atoms with Crippen LogP contribution < -0.4 is 15.5 Å². The molecule has 0 aliphatic carbocycles. The van der Waals surface area contributed by atoms with Crippen molar-refractivity contribution in [2.75, 3.05) is 15.5 Å². The molecular weight excluding hydrogens is 423 g/mol. The predicted octanol–water partition coefficient (Wildman–Crippen LogP) is 4.84. The van der Waals surface area contributed by atoms with Gasteiger partial charge in [-0.15, -0.1) is 0 Å². The topological polar surface area (TPSA) is 90.4 Å². The zero-order valence-corrected chi connectivity index (χ0v) is 17.6. The van der Waals surface area contributed by atoms with E-state index in [1.807, 2.05) is 0 Å². The smallest absolute Gasteiger partial charge is 0.332 e. The lowest BCUT2D eigenvalue weighted by molar-refractivity contribution is 0.0646. The zero-order chi connectivity index (χ0) is 23.5. The molecule has 0 fully saturated rings. The third-order valence-electron chi connectivity index (χ3n) is 4.76. The van der Waals surface area contributed by atoms with Crippen molar-refractivity contribution in [1.82, 2.24) is 9.97 Å². The van der Waals surface area contributed by atoms with Crippen LogP contribution in [0.4, 0.5) is 41.1 Å². The van der Waals surface area contributed by atoms with Crippen LogP contribution in [-0.4, -0.2) is 32.7 Å². The fraction of sp³-hybridized carbons (Fsp3) is 0.227. The van der Waals surface area contributed by atoms with Gasteiger partial charge in [-0.05, 0) is 57.2 Å². The molecule has 3 rings (SSSR count). The lowest BCUT2D eigenvalue weighted by Crippen LogP contribution is -2.40. The van der Waals surface area contributed by atoms with Crippen molar-refractivity contribution in [1.29, 1.82) is 0 Å². The molecule has 0 aliphatic heterocycles. The van der Waals surface area contributed by atoms with Gasteiger partial charge in [0.1, 0.15) is 29.0 Å². The number of carbonyl (C=O) groups is 1. The summed E-state index contributed by atoms with van der Waals surface area (Å²) in [4.78, 5) is 22.4. The average molecular weight is 445 g/mol. The van der Waals surface area contributed by atoms with Gasteiger partial charge in [0, 0.05) is 12.3 Å². The summed E-state index contributed by atoms with van der Waals surface area (Å²) >= 11 is 0. The van der Waals surface area contributed by atoms with Crippen molar-refractivity contribution >= 4 is 29.2 Å². The van der Waals surface area contributed by atoms with Crippen LogP contribution in [0.15, 0.2) is 54.7 Å². The van der Waals surface area contributed by atoms with Gasteiger partial charge in [-0.1, -0.05) is 6.07 Å². The lowest BCUT2D eigenvalue weighted by Gasteiger charge is -2.27. The Morgan fingerprint density at radius 1 is 1.06 bits per heavy atom. The Kier molecular flexibility index (Phi) is 6.64. The molecule has 168 valence electrons. The summed E-state index contributed by atoms with van der Waals surface area (Å²) in [7, 11) is 0. The molecule has 0 aliphatic rings. The Morgan fingerprint density at radius 2 is 1.69 bits per heavy atom. The van der Waals surface area contributed by atoms with Crippen LogP contribution in [0.3, 0.4) is 0 Å². The number of hydrogen-bond donors (Lipinski definition) is 3. The van der Waals surface area contributed by atoms with Crippen molar-refractivity contribution in [3.63, 3.8) is 0 Å². The predicted molar refractivity (Wildman–Crippen MR) is 115 cm³/mol. The Morgan fingerprint density at radius 3 is 2.28 bits per heavy atom. The second kappa shape index (κ2) is 9.23. The molecule has 32 heavy (non-hydrogen) atoms. The number of carbonyl (C=O) groups excluding carboxylic acids is 1. The molecule has 0 bridgehead atoms. The molecule has 0 spiro atoms. The highest BCUT2D eigenvalue weighted by Gasteiger charge is 2.25. The maximum Gasteiger partial charge on any atom is 0.332 e. The molecule has 1 atom stereocenters. The molecule has 2 amide bonds. The second-order valence-corrected chi connectivity index (χ2v) is 7.60. The van der Waals surface area contributed by atoms with Gasteiger partial charge in [-0.2, -0.15) is 4.98 Å². The lowest BCUT2D eigenvalue weighted by atomic mass is 10.0. The maximum absolute atomic E-state index is 14.1. The van der Waals surface area contributed by atoms with Crippen molar-refractivity contribution in [2.45, 2.75) is 32.4 Å². The molecule has 0 radical (unpaired) electrons. The van der Waals surface area contributed by atoms with E-state index in [9.17, 15) is 23.1 Å². The number of aromatic nitrogens is 2.